The van der Waals surface area contributed by atoms with E-state index in [4.69, 9.17) is 5.26 Å². The molecule has 0 N–H and O–H groups in total. The van der Waals surface area contributed by atoms with Gasteiger partial charge in [-0.3, -0.25) is 4.79 Å². The molecule has 0 spiro atoms. The predicted octanol–water partition coefficient (Wildman–Crippen LogP) is 3.59. The molecule has 20 heavy (non-hydrogen) atoms. The van der Waals surface area contributed by atoms with Gasteiger partial charge in [-0.25, -0.2) is 0 Å². The van der Waals surface area contributed by atoms with Gasteiger partial charge in [-0.2, -0.15) is 18.4 Å². The van der Waals surface area contributed by atoms with E-state index in [0.717, 1.165) is 6.08 Å². The molecule has 0 bridgehead atoms. The summed E-state index contributed by atoms with van der Waals surface area (Å²) in [5.41, 5.74) is 0.287. The van der Waals surface area contributed by atoms with Crippen molar-refractivity contribution in [3.05, 3.63) is 47.0 Å². The Hall–Kier alpha value is -1.81. The standard InChI is InChI=1S/C13H10BrF3N2O/c1-2-7-19(12(20)13(15,16)17)11(8-18)9-5-3-4-6-10(9)14/h2-6,11H,1,7H2. The van der Waals surface area contributed by atoms with Crippen molar-refractivity contribution in [3.8, 4) is 6.07 Å². The molecule has 0 saturated carbocycles. The number of hydrogen-bond donors (Lipinski definition) is 0. The molecule has 0 aliphatic heterocycles. The van der Waals surface area contributed by atoms with Crippen LogP contribution in [0.1, 0.15) is 11.6 Å². The van der Waals surface area contributed by atoms with E-state index in [1.54, 1.807) is 24.3 Å². The fourth-order valence-electron chi connectivity index (χ4n) is 1.61. The molecule has 7 heteroatoms. The predicted molar refractivity (Wildman–Crippen MR) is 70.5 cm³/mol. The highest BCUT2D eigenvalue weighted by Crippen LogP contribution is 2.30. The fraction of sp³-hybridized carbons (Fsp3) is 0.231. The minimum absolute atomic E-state index is 0.287. The molecule has 1 atom stereocenters. The van der Waals surface area contributed by atoms with Crippen molar-refractivity contribution in [1.29, 1.82) is 5.26 Å². The van der Waals surface area contributed by atoms with Gasteiger partial charge in [0, 0.05) is 16.6 Å². The molecule has 0 aromatic heterocycles. The number of nitriles is 1. The van der Waals surface area contributed by atoms with Crippen LogP contribution < -0.4 is 0 Å². The normalized spacial score (nSPS) is 12.3. The zero-order chi connectivity index (χ0) is 15.3. The van der Waals surface area contributed by atoms with Crippen molar-refractivity contribution in [2.24, 2.45) is 0 Å². The summed E-state index contributed by atoms with van der Waals surface area (Å²) in [6, 6.07) is 6.68. The number of nitrogens with zero attached hydrogens (tertiary/aromatic N) is 2. The summed E-state index contributed by atoms with van der Waals surface area (Å²) in [5.74, 6) is -2.07. The third kappa shape index (κ3) is 3.61. The number of carbonyl (C=O) groups excluding carboxylic acids is 1. The van der Waals surface area contributed by atoms with Gasteiger partial charge >= 0.3 is 12.1 Å². The number of halogens is 4. The molecule has 1 rings (SSSR count). The van der Waals surface area contributed by atoms with Crippen LogP contribution in [0.25, 0.3) is 0 Å². The molecule has 0 heterocycles. The number of rotatable bonds is 4. The van der Waals surface area contributed by atoms with Crippen molar-refractivity contribution in [3.63, 3.8) is 0 Å². The maximum atomic E-state index is 12.6. The SMILES string of the molecule is C=CCN(C(=O)C(F)(F)F)C(C#N)c1ccccc1Br. The Morgan fingerprint density at radius 2 is 2.10 bits per heavy atom. The van der Waals surface area contributed by atoms with Crippen LogP contribution in [-0.4, -0.2) is 23.5 Å². The highest BCUT2D eigenvalue weighted by Gasteiger charge is 2.44. The van der Waals surface area contributed by atoms with E-state index in [0.29, 0.717) is 9.37 Å². The fourth-order valence-corrected chi connectivity index (χ4v) is 2.11. The second kappa shape index (κ2) is 6.57. The molecule has 1 amide bonds. The Bertz CT molecular complexity index is 551. The summed E-state index contributed by atoms with van der Waals surface area (Å²) in [6.45, 7) is 2.94. The highest BCUT2D eigenvalue weighted by atomic mass is 79.9. The summed E-state index contributed by atoms with van der Waals surface area (Å²) in [7, 11) is 0. The van der Waals surface area contributed by atoms with Gasteiger partial charge in [0.15, 0.2) is 0 Å². The largest absolute Gasteiger partial charge is 0.471 e. The molecular formula is C13H10BrF3N2O. The van der Waals surface area contributed by atoms with Crippen LogP contribution in [-0.2, 0) is 4.79 Å². The van der Waals surface area contributed by atoms with Crippen molar-refractivity contribution >= 4 is 21.8 Å². The third-order valence-electron chi connectivity index (χ3n) is 2.46. The molecule has 0 aliphatic carbocycles. The second-order valence-electron chi connectivity index (χ2n) is 3.80. The van der Waals surface area contributed by atoms with Gasteiger partial charge in [-0.15, -0.1) is 6.58 Å². The van der Waals surface area contributed by atoms with Gasteiger partial charge < -0.3 is 4.90 Å². The number of alkyl halides is 3. The Kier molecular flexibility index (Phi) is 5.34. The van der Waals surface area contributed by atoms with Crippen molar-refractivity contribution in [1.82, 2.24) is 4.90 Å². The average molecular weight is 347 g/mol. The van der Waals surface area contributed by atoms with Gasteiger partial charge in [0.1, 0.15) is 6.04 Å². The molecule has 1 aromatic carbocycles. The molecular weight excluding hydrogens is 337 g/mol. The molecule has 0 radical (unpaired) electrons. The van der Waals surface area contributed by atoms with E-state index in [-0.39, 0.29) is 12.1 Å². The molecule has 0 saturated heterocycles. The first-order chi connectivity index (χ1) is 9.32. The van der Waals surface area contributed by atoms with Gasteiger partial charge in [-0.05, 0) is 6.07 Å². The molecule has 3 nitrogen and oxygen atoms in total. The summed E-state index contributed by atoms with van der Waals surface area (Å²) in [6.07, 6.45) is -3.90. The van der Waals surface area contributed by atoms with Gasteiger partial charge in [0.2, 0.25) is 0 Å². The lowest BCUT2D eigenvalue weighted by atomic mass is 10.1. The van der Waals surface area contributed by atoms with Crippen molar-refractivity contribution in [2.75, 3.05) is 6.54 Å². The maximum absolute atomic E-state index is 12.6. The number of amides is 1. The summed E-state index contributed by atoms with van der Waals surface area (Å²) < 4.78 is 38.2. The maximum Gasteiger partial charge on any atom is 0.471 e. The van der Waals surface area contributed by atoms with E-state index >= 15 is 0 Å². The summed E-state index contributed by atoms with van der Waals surface area (Å²) >= 11 is 3.16. The Balaban J connectivity index is 3.25. The smallest absolute Gasteiger partial charge is 0.311 e. The minimum atomic E-state index is -5.04. The Morgan fingerprint density at radius 3 is 2.55 bits per heavy atom. The summed E-state index contributed by atoms with van der Waals surface area (Å²) in [5, 5.41) is 9.15. The van der Waals surface area contributed by atoms with Gasteiger partial charge in [0.05, 0.1) is 6.07 Å². The molecule has 0 fully saturated rings. The van der Waals surface area contributed by atoms with E-state index in [1.807, 2.05) is 0 Å². The Labute approximate surface area is 122 Å². The van der Waals surface area contributed by atoms with E-state index in [1.165, 1.54) is 6.07 Å². The van der Waals surface area contributed by atoms with Crippen LogP contribution in [0.5, 0.6) is 0 Å². The molecule has 0 aliphatic rings. The van der Waals surface area contributed by atoms with Crippen molar-refractivity contribution in [2.45, 2.75) is 12.2 Å². The molecule has 1 unspecified atom stereocenters. The number of carbonyl (C=O) groups is 1. The van der Waals surface area contributed by atoms with Crippen LogP contribution in [0.2, 0.25) is 0 Å². The van der Waals surface area contributed by atoms with Crippen LogP contribution in [0.3, 0.4) is 0 Å². The zero-order valence-electron chi connectivity index (χ0n) is 10.2. The topological polar surface area (TPSA) is 44.1 Å². The number of hydrogen-bond acceptors (Lipinski definition) is 2. The third-order valence-corrected chi connectivity index (χ3v) is 3.19. The lowest BCUT2D eigenvalue weighted by molar-refractivity contribution is -0.186. The second-order valence-corrected chi connectivity index (χ2v) is 4.65. The first-order valence-electron chi connectivity index (χ1n) is 5.45. The van der Waals surface area contributed by atoms with Gasteiger partial charge in [-0.1, -0.05) is 40.2 Å². The number of benzene rings is 1. The zero-order valence-corrected chi connectivity index (χ0v) is 11.8. The lowest BCUT2D eigenvalue weighted by Gasteiger charge is -2.27. The molecule has 1 aromatic rings. The van der Waals surface area contributed by atoms with Crippen LogP contribution in [0.15, 0.2) is 41.4 Å². The van der Waals surface area contributed by atoms with E-state index < -0.39 is 18.1 Å². The molecule has 106 valence electrons. The van der Waals surface area contributed by atoms with E-state index in [9.17, 15) is 18.0 Å². The highest BCUT2D eigenvalue weighted by molar-refractivity contribution is 9.10. The Morgan fingerprint density at radius 1 is 1.50 bits per heavy atom. The quantitative estimate of drug-likeness (QED) is 0.782. The van der Waals surface area contributed by atoms with Gasteiger partial charge in [0.25, 0.3) is 0 Å². The first kappa shape index (κ1) is 16.2. The minimum Gasteiger partial charge on any atom is -0.311 e. The van der Waals surface area contributed by atoms with Crippen LogP contribution in [0, 0.1) is 11.3 Å². The lowest BCUT2D eigenvalue weighted by Crippen LogP contribution is -2.43. The van der Waals surface area contributed by atoms with Crippen molar-refractivity contribution < 1.29 is 18.0 Å². The van der Waals surface area contributed by atoms with E-state index in [2.05, 4.69) is 22.5 Å². The average Bonchev–Trinajstić information content (AvgIpc) is 2.38. The first-order valence-corrected chi connectivity index (χ1v) is 6.25. The van der Waals surface area contributed by atoms with Crippen LogP contribution in [0.4, 0.5) is 13.2 Å². The monoisotopic (exact) mass is 346 g/mol. The van der Waals surface area contributed by atoms with Crippen LogP contribution >= 0.6 is 15.9 Å². The summed E-state index contributed by atoms with van der Waals surface area (Å²) in [4.78, 5) is 11.9.